The van der Waals surface area contributed by atoms with Crippen molar-refractivity contribution < 1.29 is 19.4 Å². The lowest BCUT2D eigenvalue weighted by Crippen LogP contribution is -2.11. The van der Waals surface area contributed by atoms with E-state index in [1.807, 2.05) is 0 Å². The fraction of sp³-hybridized carbons (Fsp3) is 0.300. The van der Waals surface area contributed by atoms with Crippen LogP contribution in [0.5, 0.6) is 11.5 Å². The molecule has 1 atom stereocenters. The lowest BCUT2D eigenvalue weighted by molar-refractivity contribution is 0.0662. The fourth-order valence-electron chi connectivity index (χ4n) is 1.53. The van der Waals surface area contributed by atoms with Crippen molar-refractivity contribution >= 4 is 17.6 Å². The Morgan fingerprint density at radius 2 is 2.07 bits per heavy atom. The number of ether oxygens (including phenoxy) is 2. The monoisotopic (exact) mass is 228 g/mol. The minimum absolute atomic E-state index is 0.136. The topological polar surface area (TPSA) is 55.8 Å². The van der Waals surface area contributed by atoms with Gasteiger partial charge in [-0.2, -0.15) is 0 Å². The number of carboxylic acids is 1. The molecular formula is C10H9ClO4. The molecule has 0 radical (unpaired) electrons. The average molecular weight is 229 g/mol. The molecule has 80 valence electrons. The molecule has 1 aliphatic heterocycles. The second-order valence-electron chi connectivity index (χ2n) is 3.30. The molecule has 1 heterocycles. The van der Waals surface area contributed by atoms with Crippen molar-refractivity contribution in [3.63, 3.8) is 0 Å². The summed E-state index contributed by atoms with van der Waals surface area (Å²) in [5, 5.41) is 9.19. The molecule has 2 rings (SSSR count). The van der Waals surface area contributed by atoms with Crippen LogP contribution in [0.1, 0.15) is 22.8 Å². The zero-order valence-corrected chi connectivity index (χ0v) is 8.96. The third kappa shape index (κ3) is 1.51. The van der Waals surface area contributed by atoms with E-state index in [2.05, 4.69) is 0 Å². The first kappa shape index (κ1) is 10.1. The summed E-state index contributed by atoms with van der Waals surface area (Å²) in [6, 6.07) is 1.37. The molecule has 1 aromatic carbocycles. The molecule has 1 aliphatic rings. The summed E-state index contributed by atoms with van der Waals surface area (Å²) in [4.78, 5) is 10.9. The van der Waals surface area contributed by atoms with Crippen LogP contribution >= 0.6 is 11.6 Å². The molecule has 0 spiro atoms. The Balaban J connectivity index is 2.63. The van der Waals surface area contributed by atoms with Gasteiger partial charge in [-0.05, 0) is 13.0 Å². The van der Waals surface area contributed by atoms with Gasteiger partial charge in [-0.25, -0.2) is 4.79 Å². The molecule has 1 N–H and O–H groups in total. The minimum atomic E-state index is -1.03. The Hall–Kier alpha value is -1.42. The van der Waals surface area contributed by atoms with Gasteiger partial charge in [0.15, 0.2) is 11.5 Å². The van der Waals surface area contributed by atoms with E-state index in [1.54, 1.807) is 13.8 Å². The first-order valence-electron chi connectivity index (χ1n) is 4.40. The molecule has 0 saturated carbocycles. The van der Waals surface area contributed by atoms with Gasteiger partial charge in [-0.3, -0.25) is 0 Å². The van der Waals surface area contributed by atoms with E-state index in [9.17, 15) is 4.79 Å². The van der Waals surface area contributed by atoms with Gasteiger partial charge in [0, 0.05) is 12.5 Å². The van der Waals surface area contributed by atoms with Gasteiger partial charge in [0.2, 0.25) is 6.29 Å². The number of hydrogen-bond acceptors (Lipinski definition) is 3. The Morgan fingerprint density at radius 3 is 2.67 bits per heavy atom. The van der Waals surface area contributed by atoms with Crippen molar-refractivity contribution in [1.82, 2.24) is 0 Å². The van der Waals surface area contributed by atoms with Crippen molar-refractivity contribution in [1.29, 1.82) is 0 Å². The van der Waals surface area contributed by atoms with Crippen LogP contribution in [0.2, 0.25) is 5.02 Å². The molecule has 1 unspecified atom stereocenters. The molecule has 0 aromatic heterocycles. The van der Waals surface area contributed by atoms with Crippen LogP contribution < -0.4 is 9.47 Å². The highest BCUT2D eigenvalue weighted by atomic mass is 35.5. The molecule has 0 saturated heterocycles. The molecule has 0 bridgehead atoms. The third-order valence-corrected chi connectivity index (χ3v) is 2.52. The smallest absolute Gasteiger partial charge is 0.336 e. The van der Waals surface area contributed by atoms with Crippen LogP contribution in [0.3, 0.4) is 0 Å². The zero-order chi connectivity index (χ0) is 11.2. The molecule has 15 heavy (non-hydrogen) atoms. The molecule has 0 aliphatic carbocycles. The maximum atomic E-state index is 10.9. The zero-order valence-electron chi connectivity index (χ0n) is 8.20. The standard InChI is InChI=1S/C10H9ClO4/c1-4-6(10(12)13)3-7(11)9-8(4)14-5(2)15-9/h3,5H,1-2H3,(H,12,13). The number of benzene rings is 1. The molecule has 4 nitrogen and oxygen atoms in total. The van der Waals surface area contributed by atoms with E-state index in [4.69, 9.17) is 26.2 Å². The SMILES string of the molecule is Cc1c(C(=O)O)cc(Cl)c2c1OC(C)O2. The van der Waals surface area contributed by atoms with Gasteiger partial charge in [0.05, 0.1) is 10.6 Å². The number of hydrogen-bond donors (Lipinski definition) is 1. The average Bonchev–Trinajstić information content (AvgIpc) is 2.53. The summed E-state index contributed by atoms with van der Waals surface area (Å²) in [7, 11) is 0. The highest BCUT2D eigenvalue weighted by Gasteiger charge is 2.28. The molecule has 1 aromatic rings. The maximum Gasteiger partial charge on any atom is 0.336 e. The van der Waals surface area contributed by atoms with E-state index in [-0.39, 0.29) is 10.6 Å². The normalized spacial score (nSPS) is 17.9. The van der Waals surface area contributed by atoms with Crippen LogP contribution in [0.15, 0.2) is 6.07 Å². The van der Waals surface area contributed by atoms with E-state index < -0.39 is 12.3 Å². The second kappa shape index (κ2) is 3.31. The van der Waals surface area contributed by atoms with Crippen LogP contribution in [0.4, 0.5) is 0 Å². The van der Waals surface area contributed by atoms with Gasteiger partial charge in [0.1, 0.15) is 0 Å². The van der Waals surface area contributed by atoms with E-state index in [1.165, 1.54) is 6.07 Å². The van der Waals surface area contributed by atoms with Gasteiger partial charge < -0.3 is 14.6 Å². The summed E-state index contributed by atoms with van der Waals surface area (Å²) in [6.45, 7) is 3.39. The number of carbonyl (C=O) groups is 1. The summed E-state index contributed by atoms with van der Waals surface area (Å²) in [5.74, 6) is -0.181. The van der Waals surface area contributed by atoms with Gasteiger partial charge in [-0.1, -0.05) is 11.6 Å². The van der Waals surface area contributed by atoms with Gasteiger partial charge in [-0.15, -0.1) is 0 Å². The molecule has 0 amide bonds. The number of rotatable bonds is 1. The highest BCUT2D eigenvalue weighted by molar-refractivity contribution is 6.32. The number of fused-ring (bicyclic) bond motifs is 1. The number of aromatic carboxylic acids is 1. The maximum absolute atomic E-state index is 10.9. The van der Waals surface area contributed by atoms with Crippen molar-refractivity contribution in [2.75, 3.05) is 0 Å². The Kier molecular flexibility index (Phi) is 2.23. The Morgan fingerprint density at radius 1 is 1.47 bits per heavy atom. The molecular weight excluding hydrogens is 220 g/mol. The minimum Gasteiger partial charge on any atom is -0.478 e. The number of carboxylic acid groups (broad SMARTS) is 1. The lowest BCUT2D eigenvalue weighted by atomic mass is 10.1. The van der Waals surface area contributed by atoms with E-state index in [0.29, 0.717) is 17.1 Å². The second-order valence-corrected chi connectivity index (χ2v) is 3.70. The highest BCUT2D eigenvalue weighted by Crippen LogP contribution is 2.44. The van der Waals surface area contributed by atoms with Crippen molar-refractivity contribution in [3.8, 4) is 11.5 Å². The predicted octanol–water partition coefficient (Wildman–Crippen LogP) is 2.46. The van der Waals surface area contributed by atoms with Crippen molar-refractivity contribution in [2.24, 2.45) is 0 Å². The lowest BCUT2D eigenvalue weighted by Gasteiger charge is -2.06. The summed E-state index contributed by atoms with van der Waals surface area (Å²) < 4.78 is 10.6. The fourth-order valence-corrected chi connectivity index (χ4v) is 1.77. The van der Waals surface area contributed by atoms with E-state index in [0.717, 1.165) is 0 Å². The Labute approximate surface area is 91.4 Å². The van der Waals surface area contributed by atoms with Gasteiger partial charge >= 0.3 is 5.97 Å². The first-order chi connectivity index (χ1) is 7.00. The van der Waals surface area contributed by atoms with Gasteiger partial charge in [0.25, 0.3) is 0 Å². The molecule has 0 fully saturated rings. The van der Waals surface area contributed by atoms with Crippen LogP contribution in [0.25, 0.3) is 0 Å². The van der Waals surface area contributed by atoms with Crippen LogP contribution in [-0.4, -0.2) is 17.4 Å². The largest absolute Gasteiger partial charge is 0.478 e. The van der Waals surface area contributed by atoms with Crippen molar-refractivity contribution in [2.45, 2.75) is 20.1 Å². The van der Waals surface area contributed by atoms with Crippen molar-refractivity contribution in [3.05, 3.63) is 22.2 Å². The van der Waals surface area contributed by atoms with Crippen LogP contribution in [-0.2, 0) is 0 Å². The quantitative estimate of drug-likeness (QED) is 0.802. The first-order valence-corrected chi connectivity index (χ1v) is 4.78. The summed E-state index contributed by atoms with van der Waals surface area (Å²) >= 11 is 5.89. The summed E-state index contributed by atoms with van der Waals surface area (Å²) in [5.41, 5.74) is 0.669. The van der Waals surface area contributed by atoms with E-state index >= 15 is 0 Å². The van der Waals surface area contributed by atoms with Crippen LogP contribution in [0, 0.1) is 6.92 Å². The summed E-state index contributed by atoms with van der Waals surface area (Å²) in [6.07, 6.45) is -0.430. The number of halogens is 1. The Bertz CT molecular complexity index is 442. The molecule has 5 heteroatoms. The predicted molar refractivity (Wildman–Crippen MR) is 53.9 cm³/mol. The third-order valence-electron chi connectivity index (χ3n) is 2.24.